The van der Waals surface area contributed by atoms with Gasteiger partial charge < -0.3 is 19.4 Å². The van der Waals surface area contributed by atoms with E-state index in [4.69, 9.17) is 19.4 Å². The highest BCUT2D eigenvalue weighted by molar-refractivity contribution is 5.83. The zero-order chi connectivity index (χ0) is 17.5. The number of ether oxygens (including phenoxy) is 3. The van der Waals surface area contributed by atoms with Crippen molar-refractivity contribution in [3.63, 3.8) is 0 Å². The molecule has 0 heterocycles. The van der Waals surface area contributed by atoms with Crippen LogP contribution in [-0.2, 0) is 0 Å². The molecule has 2 aromatic rings. The standard InChI is InChI=1S/C19H23NO4/c1-13-5-6-14(2)19(15(13)3)24-10-9-23-18-11-17(22-4)8-7-16(18)12-20-21/h5-8,11-12,21H,9-10H2,1-4H3. The third kappa shape index (κ3) is 4.19. The van der Waals surface area contributed by atoms with Gasteiger partial charge in [0, 0.05) is 11.6 Å². The third-order valence-electron chi connectivity index (χ3n) is 3.88. The molecule has 2 aromatic carbocycles. The van der Waals surface area contributed by atoms with E-state index in [1.807, 2.05) is 6.92 Å². The van der Waals surface area contributed by atoms with Crippen LogP contribution < -0.4 is 14.2 Å². The third-order valence-corrected chi connectivity index (χ3v) is 3.88. The number of methoxy groups -OCH3 is 1. The zero-order valence-electron chi connectivity index (χ0n) is 14.5. The van der Waals surface area contributed by atoms with Crippen LogP contribution in [0.25, 0.3) is 0 Å². The normalized spacial score (nSPS) is 10.8. The molecular weight excluding hydrogens is 306 g/mol. The lowest BCUT2D eigenvalue weighted by atomic mass is 10.1. The highest BCUT2D eigenvalue weighted by Gasteiger charge is 2.08. The van der Waals surface area contributed by atoms with Gasteiger partial charge in [0.2, 0.25) is 0 Å². The zero-order valence-corrected chi connectivity index (χ0v) is 14.5. The first-order valence-corrected chi connectivity index (χ1v) is 7.74. The van der Waals surface area contributed by atoms with Gasteiger partial charge in [-0.25, -0.2) is 0 Å². The molecule has 5 heteroatoms. The van der Waals surface area contributed by atoms with Crippen molar-refractivity contribution in [3.05, 3.63) is 52.6 Å². The van der Waals surface area contributed by atoms with E-state index < -0.39 is 0 Å². The molecule has 0 saturated carbocycles. The quantitative estimate of drug-likeness (QED) is 0.362. The first kappa shape index (κ1) is 17.7. The molecule has 0 unspecified atom stereocenters. The molecular formula is C19H23NO4. The van der Waals surface area contributed by atoms with Gasteiger partial charge in [-0.2, -0.15) is 0 Å². The summed E-state index contributed by atoms with van der Waals surface area (Å²) in [4.78, 5) is 0. The largest absolute Gasteiger partial charge is 0.497 e. The Morgan fingerprint density at radius 1 is 1.00 bits per heavy atom. The van der Waals surface area contributed by atoms with Crippen LogP contribution in [0.5, 0.6) is 17.2 Å². The Bertz CT molecular complexity index is 726. The van der Waals surface area contributed by atoms with Crippen molar-refractivity contribution in [1.29, 1.82) is 0 Å². The second-order valence-electron chi connectivity index (χ2n) is 5.50. The lowest BCUT2D eigenvalue weighted by molar-refractivity contribution is 0.214. The summed E-state index contributed by atoms with van der Waals surface area (Å²) < 4.78 is 16.8. The monoisotopic (exact) mass is 329 g/mol. The van der Waals surface area contributed by atoms with Crippen molar-refractivity contribution in [2.45, 2.75) is 20.8 Å². The van der Waals surface area contributed by atoms with Crippen LogP contribution >= 0.6 is 0 Å². The molecule has 0 atom stereocenters. The van der Waals surface area contributed by atoms with Crippen molar-refractivity contribution in [2.24, 2.45) is 5.16 Å². The molecule has 0 radical (unpaired) electrons. The molecule has 0 aliphatic heterocycles. The molecule has 24 heavy (non-hydrogen) atoms. The van der Waals surface area contributed by atoms with Gasteiger partial charge in [0.1, 0.15) is 30.5 Å². The fraction of sp³-hybridized carbons (Fsp3) is 0.316. The van der Waals surface area contributed by atoms with Gasteiger partial charge in [0.25, 0.3) is 0 Å². The summed E-state index contributed by atoms with van der Waals surface area (Å²) >= 11 is 0. The summed E-state index contributed by atoms with van der Waals surface area (Å²) in [5.74, 6) is 2.15. The van der Waals surface area contributed by atoms with Gasteiger partial charge in [-0.3, -0.25) is 0 Å². The van der Waals surface area contributed by atoms with Crippen LogP contribution in [-0.4, -0.2) is 31.7 Å². The molecule has 0 aliphatic carbocycles. The molecule has 0 aliphatic rings. The van der Waals surface area contributed by atoms with Gasteiger partial charge in [-0.15, -0.1) is 0 Å². The molecule has 0 saturated heterocycles. The predicted molar refractivity (Wildman–Crippen MR) is 94.0 cm³/mol. The second-order valence-corrected chi connectivity index (χ2v) is 5.50. The van der Waals surface area contributed by atoms with E-state index >= 15 is 0 Å². The van der Waals surface area contributed by atoms with Crippen molar-refractivity contribution in [1.82, 2.24) is 0 Å². The summed E-state index contributed by atoms with van der Waals surface area (Å²) in [6.45, 7) is 6.93. The fourth-order valence-electron chi connectivity index (χ4n) is 2.38. The van der Waals surface area contributed by atoms with E-state index in [0.29, 0.717) is 30.3 Å². The van der Waals surface area contributed by atoms with Crippen molar-refractivity contribution in [2.75, 3.05) is 20.3 Å². The van der Waals surface area contributed by atoms with E-state index in [0.717, 1.165) is 16.9 Å². The highest BCUT2D eigenvalue weighted by Crippen LogP contribution is 2.26. The van der Waals surface area contributed by atoms with Gasteiger partial charge in [-0.1, -0.05) is 17.3 Å². The summed E-state index contributed by atoms with van der Waals surface area (Å²) in [7, 11) is 1.59. The molecule has 0 bridgehead atoms. The van der Waals surface area contributed by atoms with Crippen molar-refractivity contribution in [3.8, 4) is 17.2 Å². The van der Waals surface area contributed by atoms with Crippen LogP contribution in [0.1, 0.15) is 22.3 Å². The molecule has 0 amide bonds. The van der Waals surface area contributed by atoms with Gasteiger partial charge in [0.05, 0.1) is 13.3 Å². The predicted octanol–water partition coefficient (Wildman–Crippen LogP) is 3.89. The number of hydrogen-bond donors (Lipinski definition) is 1. The Balaban J connectivity index is 2.01. The maximum Gasteiger partial charge on any atom is 0.132 e. The van der Waals surface area contributed by atoms with E-state index in [1.165, 1.54) is 11.8 Å². The minimum Gasteiger partial charge on any atom is -0.497 e. The van der Waals surface area contributed by atoms with Crippen molar-refractivity contribution >= 4 is 6.21 Å². The van der Waals surface area contributed by atoms with Crippen LogP contribution in [0.15, 0.2) is 35.5 Å². The van der Waals surface area contributed by atoms with E-state index in [-0.39, 0.29) is 0 Å². The Hall–Kier alpha value is -2.69. The van der Waals surface area contributed by atoms with E-state index in [9.17, 15) is 0 Å². The molecule has 0 fully saturated rings. The fourth-order valence-corrected chi connectivity index (χ4v) is 2.38. The van der Waals surface area contributed by atoms with Crippen LogP contribution in [0, 0.1) is 20.8 Å². The summed E-state index contributed by atoms with van der Waals surface area (Å²) in [5, 5.41) is 11.8. The summed E-state index contributed by atoms with van der Waals surface area (Å²) in [6, 6.07) is 9.44. The molecule has 128 valence electrons. The Kier molecular flexibility index (Phi) is 6.07. The van der Waals surface area contributed by atoms with Gasteiger partial charge in [0.15, 0.2) is 0 Å². The topological polar surface area (TPSA) is 60.3 Å². The smallest absolute Gasteiger partial charge is 0.132 e. The minimum atomic E-state index is 0.367. The maximum absolute atomic E-state index is 8.74. The molecule has 1 N–H and O–H groups in total. The number of aryl methyl sites for hydroxylation is 2. The van der Waals surface area contributed by atoms with E-state index in [2.05, 4.69) is 31.1 Å². The average molecular weight is 329 g/mol. The molecule has 5 nitrogen and oxygen atoms in total. The number of benzene rings is 2. The lowest BCUT2D eigenvalue weighted by Crippen LogP contribution is -2.11. The number of oxime groups is 1. The van der Waals surface area contributed by atoms with Crippen LogP contribution in [0.3, 0.4) is 0 Å². The molecule has 0 aromatic heterocycles. The SMILES string of the molecule is COc1ccc(C=NO)c(OCCOc2c(C)ccc(C)c2C)c1. The Morgan fingerprint density at radius 2 is 1.71 bits per heavy atom. The van der Waals surface area contributed by atoms with Crippen molar-refractivity contribution < 1.29 is 19.4 Å². The van der Waals surface area contributed by atoms with Crippen LogP contribution in [0.4, 0.5) is 0 Å². The van der Waals surface area contributed by atoms with E-state index in [1.54, 1.807) is 25.3 Å². The number of hydrogen-bond acceptors (Lipinski definition) is 5. The summed E-state index contributed by atoms with van der Waals surface area (Å²) in [5.41, 5.74) is 4.11. The Labute approximate surface area is 142 Å². The molecule has 2 rings (SSSR count). The summed E-state index contributed by atoms with van der Waals surface area (Å²) in [6.07, 6.45) is 1.32. The highest BCUT2D eigenvalue weighted by atomic mass is 16.5. The first-order chi connectivity index (χ1) is 11.6. The average Bonchev–Trinajstić information content (AvgIpc) is 2.59. The first-order valence-electron chi connectivity index (χ1n) is 7.74. The number of rotatable bonds is 7. The lowest BCUT2D eigenvalue weighted by Gasteiger charge is -2.15. The maximum atomic E-state index is 8.74. The van der Waals surface area contributed by atoms with Gasteiger partial charge >= 0.3 is 0 Å². The Morgan fingerprint density at radius 3 is 2.42 bits per heavy atom. The molecule has 0 spiro atoms. The van der Waals surface area contributed by atoms with Gasteiger partial charge in [-0.05, 0) is 49.6 Å². The minimum absolute atomic E-state index is 0.367. The van der Waals surface area contributed by atoms with Crippen LogP contribution in [0.2, 0.25) is 0 Å². The number of nitrogens with zero attached hydrogens (tertiary/aromatic N) is 1. The second kappa shape index (κ2) is 8.24.